The summed E-state index contributed by atoms with van der Waals surface area (Å²) in [5.41, 5.74) is 2.58. The minimum absolute atomic E-state index is 0.0471. The standard InChI is InChI=1S/C9H20N2O3/c1-2-3-8-9(11-10)7(13)4-6(5-12)14-8/h6-9,11-13H,2-5,10H2,1H3. The molecule has 14 heavy (non-hydrogen) atoms. The summed E-state index contributed by atoms with van der Waals surface area (Å²) in [4.78, 5) is 0. The highest BCUT2D eigenvalue weighted by Crippen LogP contribution is 2.22. The van der Waals surface area contributed by atoms with Gasteiger partial charge >= 0.3 is 0 Å². The molecule has 1 saturated heterocycles. The maximum Gasteiger partial charge on any atom is 0.0835 e. The molecule has 0 aromatic heterocycles. The fourth-order valence-corrected chi connectivity index (χ4v) is 1.92. The zero-order valence-corrected chi connectivity index (χ0v) is 8.52. The molecule has 0 saturated carbocycles. The fraction of sp³-hybridized carbons (Fsp3) is 1.00. The van der Waals surface area contributed by atoms with Crippen LogP contribution in [-0.2, 0) is 4.74 Å². The SMILES string of the molecule is CCCC1OC(CO)CC(O)C1NN. The van der Waals surface area contributed by atoms with Crippen LogP contribution < -0.4 is 11.3 Å². The normalized spacial score (nSPS) is 38.6. The van der Waals surface area contributed by atoms with Crippen molar-refractivity contribution in [1.29, 1.82) is 0 Å². The van der Waals surface area contributed by atoms with Crippen LogP contribution in [0.3, 0.4) is 0 Å². The number of aliphatic hydroxyl groups is 2. The lowest BCUT2D eigenvalue weighted by Gasteiger charge is -2.39. The molecule has 84 valence electrons. The number of nitrogens with two attached hydrogens (primary N) is 1. The molecule has 1 aliphatic rings. The Morgan fingerprint density at radius 3 is 2.79 bits per heavy atom. The minimum atomic E-state index is -0.539. The summed E-state index contributed by atoms with van der Waals surface area (Å²) in [5.74, 6) is 5.35. The van der Waals surface area contributed by atoms with Crippen molar-refractivity contribution in [3.63, 3.8) is 0 Å². The molecule has 4 atom stereocenters. The number of hydrogen-bond acceptors (Lipinski definition) is 5. The van der Waals surface area contributed by atoms with E-state index in [-0.39, 0.29) is 24.9 Å². The van der Waals surface area contributed by atoms with Gasteiger partial charge in [-0.25, -0.2) is 0 Å². The van der Waals surface area contributed by atoms with Crippen LogP contribution in [0.25, 0.3) is 0 Å². The summed E-state index contributed by atoms with van der Waals surface area (Å²) in [6, 6.07) is -0.224. The van der Waals surface area contributed by atoms with Crippen LogP contribution >= 0.6 is 0 Å². The predicted octanol–water partition coefficient (Wildman–Crippen LogP) is -0.871. The highest BCUT2D eigenvalue weighted by Gasteiger charge is 2.36. The van der Waals surface area contributed by atoms with Crippen molar-refractivity contribution in [2.24, 2.45) is 5.84 Å². The van der Waals surface area contributed by atoms with Gasteiger partial charge < -0.3 is 14.9 Å². The van der Waals surface area contributed by atoms with E-state index in [1.165, 1.54) is 0 Å². The molecule has 0 radical (unpaired) electrons. The first-order valence-electron chi connectivity index (χ1n) is 5.13. The van der Waals surface area contributed by atoms with Gasteiger partial charge in [0.15, 0.2) is 0 Å². The van der Waals surface area contributed by atoms with Gasteiger partial charge in [-0.3, -0.25) is 11.3 Å². The van der Waals surface area contributed by atoms with E-state index in [1.807, 2.05) is 6.92 Å². The first-order valence-corrected chi connectivity index (χ1v) is 5.13. The maximum atomic E-state index is 9.73. The summed E-state index contributed by atoms with van der Waals surface area (Å²) in [6.45, 7) is 2.00. The second-order valence-corrected chi connectivity index (χ2v) is 3.76. The first kappa shape index (κ1) is 11.9. The van der Waals surface area contributed by atoms with Gasteiger partial charge in [-0.1, -0.05) is 13.3 Å². The molecule has 1 heterocycles. The van der Waals surface area contributed by atoms with Crippen LogP contribution in [0.1, 0.15) is 26.2 Å². The van der Waals surface area contributed by atoms with E-state index >= 15 is 0 Å². The fourth-order valence-electron chi connectivity index (χ4n) is 1.92. The molecule has 5 N–H and O–H groups in total. The third-order valence-electron chi connectivity index (χ3n) is 2.66. The molecule has 1 aliphatic heterocycles. The minimum Gasteiger partial charge on any atom is -0.394 e. The van der Waals surface area contributed by atoms with Crippen LogP contribution in [0.4, 0.5) is 0 Å². The molecular weight excluding hydrogens is 184 g/mol. The third kappa shape index (κ3) is 2.65. The lowest BCUT2D eigenvalue weighted by molar-refractivity contribution is -0.133. The van der Waals surface area contributed by atoms with E-state index in [0.29, 0.717) is 6.42 Å². The topological polar surface area (TPSA) is 87.7 Å². The van der Waals surface area contributed by atoms with Crippen molar-refractivity contribution in [2.45, 2.75) is 50.5 Å². The van der Waals surface area contributed by atoms with E-state index in [0.717, 1.165) is 12.8 Å². The van der Waals surface area contributed by atoms with E-state index in [4.69, 9.17) is 15.7 Å². The number of nitrogens with one attached hydrogen (secondary N) is 1. The summed E-state index contributed by atoms with van der Waals surface area (Å²) in [5, 5.41) is 18.7. The van der Waals surface area contributed by atoms with Gasteiger partial charge in [0.25, 0.3) is 0 Å². The van der Waals surface area contributed by atoms with Crippen molar-refractivity contribution in [3.05, 3.63) is 0 Å². The number of rotatable bonds is 4. The molecule has 1 fully saturated rings. The number of ether oxygens (including phenoxy) is 1. The number of hydrazine groups is 1. The largest absolute Gasteiger partial charge is 0.394 e. The lowest BCUT2D eigenvalue weighted by Crippen LogP contribution is -2.58. The zero-order chi connectivity index (χ0) is 10.6. The smallest absolute Gasteiger partial charge is 0.0835 e. The summed E-state index contributed by atoms with van der Waals surface area (Å²) >= 11 is 0. The van der Waals surface area contributed by atoms with E-state index in [2.05, 4.69) is 5.43 Å². The van der Waals surface area contributed by atoms with Gasteiger partial charge in [-0.05, 0) is 6.42 Å². The van der Waals surface area contributed by atoms with Gasteiger partial charge in [0, 0.05) is 6.42 Å². The molecule has 0 aromatic rings. The molecule has 0 spiro atoms. The van der Waals surface area contributed by atoms with Gasteiger partial charge in [-0.2, -0.15) is 0 Å². The van der Waals surface area contributed by atoms with Crippen molar-refractivity contribution in [1.82, 2.24) is 5.43 Å². The average Bonchev–Trinajstić information content (AvgIpc) is 2.18. The Morgan fingerprint density at radius 2 is 2.29 bits per heavy atom. The Bertz CT molecular complexity index is 168. The lowest BCUT2D eigenvalue weighted by atomic mass is 9.93. The summed E-state index contributed by atoms with van der Waals surface area (Å²) in [7, 11) is 0. The molecular formula is C9H20N2O3. The number of aliphatic hydroxyl groups excluding tert-OH is 2. The Hall–Kier alpha value is -0.200. The van der Waals surface area contributed by atoms with Gasteiger partial charge in [0.05, 0.1) is 31.0 Å². The summed E-state index contributed by atoms with van der Waals surface area (Å²) in [6.07, 6.45) is 1.33. The molecule has 4 unspecified atom stereocenters. The van der Waals surface area contributed by atoms with Crippen molar-refractivity contribution < 1.29 is 14.9 Å². The van der Waals surface area contributed by atoms with E-state index in [9.17, 15) is 5.11 Å². The molecule has 0 aromatic carbocycles. The quantitative estimate of drug-likeness (QED) is 0.353. The monoisotopic (exact) mass is 204 g/mol. The van der Waals surface area contributed by atoms with Crippen LogP contribution in [0.5, 0.6) is 0 Å². The van der Waals surface area contributed by atoms with E-state index in [1.54, 1.807) is 0 Å². The average molecular weight is 204 g/mol. The Labute approximate surface area is 84.2 Å². The maximum absolute atomic E-state index is 9.73. The van der Waals surface area contributed by atoms with Crippen LogP contribution in [0, 0.1) is 0 Å². The van der Waals surface area contributed by atoms with Crippen molar-refractivity contribution >= 4 is 0 Å². The molecule has 5 heteroatoms. The molecule has 0 amide bonds. The van der Waals surface area contributed by atoms with Crippen LogP contribution in [0.15, 0.2) is 0 Å². The van der Waals surface area contributed by atoms with Crippen molar-refractivity contribution in [3.8, 4) is 0 Å². The number of hydrogen-bond donors (Lipinski definition) is 4. The second-order valence-electron chi connectivity index (χ2n) is 3.76. The third-order valence-corrected chi connectivity index (χ3v) is 2.66. The highest BCUT2D eigenvalue weighted by molar-refractivity contribution is 4.89. The van der Waals surface area contributed by atoms with Gasteiger partial charge in [-0.15, -0.1) is 0 Å². The second kappa shape index (κ2) is 5.63. The Balaban J connectivity index is 2.57. The molecule has 0 bridgehead atoms. The van der Waals surface area contributed by atoms with Crippen LogP contribution in [-0.4, -0.2) is 41.2 Å². The summed E-state index contributed by atoms with van der Waals surface area (Å²) < 4.78 is 5.60. The zero-order valence-electron chi connectivity index (χ0n) is 8.52. The molecule has 5 nitrogen and oxygen atoms in total. The van der Waals surface area contributed by atoms with Gasteiger partial charge in [0.1, 0.15) is 0 Å². The highest BCUT2D eigenvalue weighted by atomic mass is 16.5. The molecule has 1 rings (SSSR count). The van der Waals surface area contributed by atoms with Crippen LogP contribution in [0.2, 0.25) is 0 Å². The molecule has 0 aliphatic carbocycles. The Kier molecular flexibility index (Phi) is 4.77. The first-order chi connectivity index (χ1) is 6.72. The van der Waals surface area contributed by atoms with Gasteiger partial charge in [0.2, 0.25) is 0 Å². The van der Waals surface area contributed by atoms with Crippen molar-refractivity contribution in [2.75, 3.05) is 6.61 Å². The Morgan fingerprint density at radius 1 is 1.57 bits per heavy atom. The van der Waals surface area contributed by atoms with E-state index < -0.39 is 6.10 Å². The predicted molar refractivity (Wildman–Crippen MR) is 52.4 cm³/mol.